The number of nitrogen functional groups attached to an aromatic ring is 2. The van der Waals surface area contributed by atoms with Crippen LogP contribution in [0.5, 0.6) is 0 Å². The van der Waals surface area contributed by atoms with Gasteiger partial charge in [-0.15, -0.1) is 22.7 Å². The molecule has 2 heterocycles. The van der Waals surface area contributed by atoms with Crippen LogP contribution in [-0.2, 0) is 0 Å². The Hall–Kier alpha value is -6.46. The zero-order chi connectivity index (χ0) is 36.4. The lowest BCUT2D eigenvalue weighted by atomic mass is 9.76. The van der Waals surface area contributed by atoms with Gasteiger partial charge in [-0.25, -0.2) is 0 Å². The Morgan fingerprint density at radius 3 is 0.833 bits per heavy atom. The van der Waals surface area contributed by atoms with Gasteiger partial charge in [0.1, 0.15) is 0 Å². The van der Waals surface area contributed by atoms with Gasteiger partial charge < -0.3 is 11.5 Å². The van der Waals surface area contributed by atoms with Crippen LogP contribution in [0.2, 0.25) is 0 Å². The highest BCUT2D eigenvalue weighted by Gasteiger charge is 2.29. The lowest BCUT2D eigenvalue weighted by Crippen LogP contribution is -2.01. The number of benzene rings is 7. The maximum absolute atomic E-state index is 6.06. The minimum Gasteiger partial charge on any atom is -0.399 e. The van der Waals surface area contributed by atoms with E-state index in [0.29, 0.717) is 0 Å². The third kappa shape index (κ3) is 6.32. The van der Waals surface area contributed by atoms with Crippen molar-refractivity contribution in [2.75, 3.05) is 11.5 Å². The second-order valence-corrected chi connectivity index (χ2v) is 15.2. The molecule has 0 unspecified atom stereocenters. The van der Waals surface area contributed by atoms with Gasteiger partial charge in [0.05, 0.1) is 0 Å². The van der Waals surface area contributed by atoms with E-state index in [0.717, 1.165) is 44.8 Å². The molecule has 4 heteroatoms. The Morgan fingerprint density at radius 2 is 0.519 bits per heavy atom. The van der Waals surface area contributed by atoms with Crippen molar-refractivity contribution >= 4 is 34.0 Å². The Bertz CT molecular complexity index is 2460. The van der Waals surface area contributed by atoms with Gasteiger partial charge in [-0.3, -0.25) is 0 Å². The number of nitrogens with two attached hydrogens (primary N) is 2. The molecule has 0 fully saturated rings. The summed E-state index contributed by atoms with van der Waals surface area (Å²) in [6, 6.07) is 65.0. The number of thiophene rings is 2. The SMILES string of the molecule is Nc1ccc(-c2ccc(-c3c(-c4ccc(-c5ccc(N)cc5)cc4)c(-c4ccccc4)c(-c4cccs4)c(-c4cccs4)c3-c3ccccc3)cc2)cc1. The van der Waals surface area contributed by atoms with Crippen LogP contribution in [-0.4, -0.2) is 0 Å². The summed E-state index contributed by atoms with van der Waals surface area (Å²) in [5, 5.41) is 4.38. The number of hydrogen-bond donors (Lipinski definition) is 2. The lowest BCUT2D eigenvalue weighted by Gasteiger charge is -2.28. The molecule has 54 heavy (non-hydrogen) atoms. The molecule has 0 aliphatic heterocycles. The van der Waals surface area contributed by atoms with E-state index in [9.17, 15) is 0 Å². The van der Waals surface area contributed by atoms with Crippen molar-refractivity contribution in [3.05, 3.63) is 193 Å². The highest BCUT2D eigenvalue weighted by atomic mass is 32.1. The number of anilines is 2. The summed E-state index contributed by atoms with van der Waals surface area (Å²) in [6.07, 6.45) is 0. The molecule has 258 valence electrons. The van der Waals surface area contributed by atoms with Gasteiger partial charge in [0.15, 0.2) is 0 Å². The van der Waals surface area contributed by atoms with E-state index in [1.807, 2.05) is 24.3 Å². The van der Waals surface area contributed by atoms with Gasteiger partial charge >= 0.3 is 0 Å². The molecule has 0 amide bonds. The van der Waals surface area contributed by atoms with E-state index in [4.69, 9.17) is 11.5 Å². The van der Waals surface area contributed by atoms with Crippen LogP contribution >= 0.6 is 22.7 Å². The van der Waals surface area contributed by atoms with Crippen LogP contribution in [0.1, 0.15) is 0 Å². The van der Waals surface area contributed by atoms with Crippen LogP contribution in [0.15, 0.2) is 193 Å². The molecule has 4 N–H and O–H groups in total. The molecule has 9 rings (SSSR count). The summed E-state index contributed by atoms with van der Waals surface area (Å²) in [7, 11) is 0. The monoisotopic (exact) mass is 728 g/mol. The van der Waals surface area contributed by atoms with Crippen LogP contribution in [0.3, 0.4) is 0 Å². The fourth-order valence-electron chi connectivity index (χ4n) is 7.46. The van der Waals surface area contributed by atoms with Crippen molar-refractivity contribution < 1.29 is 0 Å². The summed E-state index contributed by atoms with van der Waals surface area (Å²) < 4.78 is 0. The molecule has 0 bridgehead atoms. The van der Waals surface area contributed by atoms with Crippen LogP contribution in [0.4, 0.5) is 11.4 Å². The van der Waals surface area contributed by atoms with Crippen LogP contribution in [0.25, 0.3) is 87.6 Å². The first kappa shape index (κ1) is 33.4. The largest absolute Gasteiger partial charge is 0.399 e. The first-order valence-electron chi connectivity index (χ1n) is 18.0. The van der Waals surface area contributed by atoms with Crippen molar-refractivity contribution in [3.63, 3.8) is 0 Å². The average molecular weight is 729 g/mol. The molecule has 9 aromatic rings. The van der Waals surface area contributed by atoms with Gasteiger partial charge in [0, 0.05) is 32.3 Å². The minimum absolute atomic E-state index is 0.760. The zero-order valence-corrected chi connectivity index (χ0v) is 31.1. The normalized spacial score (nSPS) is 11.1. The molecule has 0 aliphatic rings. The van der Waals surface area contributed by atoms with Gasteiger partial charge in [0.2, 0.25) is 0 Å². The van der Waals surface area contributed by atoms with Gasteiger partial charge in [-0.1, -0.05) is 146 Å². The van der Waals surface area contributed by atoms with Crippen molar-refractivity contribution in [1.29, 1.82) is 0 Å². The van der Waals surface area contributed by atoms with Crippen LogP contribution < -0.4 is 11.5 Å². The maximum atomic E-state index is 6.06. The minimum atomic E-state index is 0.760. The Morgan fingerprint density at radius 1 is 0.241 bits per heavy atom. The molecule has 0 saturated carbocycles. The highest BCUT2D eigenvalue weighted by Crippen LogP contribution is 2.57. The second-order valence-electron chi connectivity index (χ2n) is 13.3. The predicted molar refractivity (Wildman–Crippen MR) is 235 cm³/mol. The van der Waals surface area contributed by atoms with Crippen molar-refractivity contribution in [2.24, 2.45) is 0 Å². The molecule has 0 atom stereocenters. The third-order valence-corrected chi connectivity index (χ3v) is 11.8. The fourth-order valence-corrected chi connectivity index (χ4v) is 9.02. The molecule has 2 aromatic heterocycles. The van der Waals surface area contributed by atoms with E-state index in [2.05, 4.69) is 168 Å². The number of hydrogen-bond acceptors (Lipinski definition) is 4. The summed E-state index contributed by atoms with van der Waals surface area (Å²) in [5.41, 5.74) is 30.2. The first-order valence-corrected chi connectivity index (χ1v) is 19.7. The van der Waals surface area contributed by atoms with E-state index in [-0.39, 0.29) is 0 Å². The van der Waals surface area contributed by atoms with Gasteiger partial charge in [-0.2, -0.15) is 0 Å². The third-order valence-electron chi connectivity index (χ3n) is 10.00. The quantitative estimate of drug-likeness (QED) is 0.153. The average Bonchev–Trinajstić information content (AvgIpc) is 3.97. The highest BCUT2D eigenvalue weighted by molar-refractivity contribution is 7.14. The van der Waals surface area contributed by atoms with Crippen molar-refractivity contribution in [1.82, 2.24) is 0 Å². The van der Waals surface area contributed by atoms with Crippen molar-refractivity contribution in [2.45, 2.75) is 0 Å². The van der Waals surface area contributed by atoms with Gasteiger partial charge in [0.25, 0.3) is 0 Å². The molecule has 2 nitrogen and oxygen atoms in total. The Kier molecular flexibility index (Phi) is 8.97. The summed E-state index contributed by atoms with van der Waals surface area (Å²) >= 11 is 3.59. The van der Waals surface area contributed by atoms with E-state index >= 15 is 0 Å². The number of rotatable bonds is 8. The molecule has 0 aliphatic carbocycles. The molecular formula is C50H36N2S2. The Labute approximate surface area is 324 Å². The first-order chi connectivity index (χ1) is 26.6. The van der Waals surface area contributed by atoms with Gasteiger partial charge in [-0.05, 0) is 114 Å². The Balaban J connectivity index is 1.43. The van der Waals surface area contributed by atoms with E-state index in [1.54, 1.807) is 22.7 Å². The molecule has 0 radical (unpaired) electrons. The predicted octanol–water partition coefficient (Wildman–Crippen LogP) is 14.3. The zero-order valence-electron chi connectivity index (χ0n) is 29.4. The molecule has 7 aromatic carbocycles. The summed E-state index contributed by atoms with van der Waals surface area (Å²) in [6.45, 7) is 0. The van der Waals surface area contributed by atoms with E-state index in [1.165, 1.54) is 54.3 Å². The fraction of sp³-hybridized carbons (Fsp3) is 0. The summed E-state index contributed by atoms with van der Waals surface area (Å²) in [4.78, 5) is 2.47. The van der Waals surface area contributed by atoms with Crippen LogP contribution in [0, 0.1) is 0 Å². The molecule has 0 spiro atoms. The maximum Gasteiger partial charge on any atom is 0.0355 e. The van der Waals surface area contributed by atoms with E-state index < -0.39 is 0 Å². The van der Waals surface area contributed by atoms with Crippen molar-refractivity contribution in [3.8, 4) is 87.6 Å². The molecular weight excluding hydrogens is 693 g/mol. The lowest BCUT2D eigenvalue weighted by molar-refractivity contribution is 1.53. The topological polar surface area (TPSA) is 52.0 Å². The summed E-state index contributed by atoms with van der Waals surface area (Å²) in [5.74, 6) is 0. The smallest absolute Gasteiger partial charge is 0.0355 e. The molecule has 0 saturated heterocycles. The standard InChI is InChI=1S/C50H36N2S2/c51-41-27-23-35(24-28-41)33-15-19-39(20-16-33)45-46(40-21-17-34(18-22-40)36-25-29-42(52)30-26-36)48(38-11-5-2-6-12-38)50(44-14-8-32-54-44)49(43-13-7-31-53-43)47(45)37-9-3-1-4-10-37/h1-32H,51-52H2. The second kappa shape index (κ2) is 14.5.